The molecule has 1 aromatic carbocycles. The molecule has 0 saturated carbocycles. The minimum Gasteiger partial charge on any atom is -0.342 e. The number of carbonyl (C=O) groups excluding carboxylic acids is 1. The minimum atomic E-state index is 0.176. The zero-order valence-corrected chi connectivity index (χ0v) is 11.9. The van der Waals surface area contributed by atoms with Gasteiger partial charge in [-0.1, -0.05) is 29.8 Å². The van der Waals surface area contributed by atoms with Crippen LogP contribution in [0.15, 0.2) is 24.3 Å². The van der Waals surface area contributed by atoms with E-state index in [2.05, 4.69) is 19.1 Å². The fourth-order valence-electron chi connectivity index (χ4n) is 2.66. The second kappa shape index (κ2) is 6.20. The smallest absolute Gasteiger partial charge is 0.226 e. The van der Waals surface area contributed by atoms with E-state index in [4.69, 9.17) is 5.73 Å². The van der Waals surface area contributed by atoms with Crippen molar-refractivity contribution in [3.63, 3.8) is 0 Å². The Morgan fingerprint density at radius 3 is 2.74 bits per heavy atom. The van der Waals surface area contributed by atoms with Crippen LogP contribution in [0.1, 0.15) is 30.9 Å². The Kier molecular flexibility index (Phi) is 4.59. The summed E-state index contributed by atoms with van der Waals surface area (Å²) in [7, 11) is 0. The van der Waals surface area contributed by atoms with Gasteiger partial charge in [0.25, 0.3) is 0 Å². The standard InChI is InChI=1S/C16H24N2O/c1-12-5-7-14(8-6-12)10-16(19)18-9-3-4-15(11-18)13(2)17/h5-8,13,15H,3-4,9-11,17H2,1-2H3/t13-,15-/m1/s1. The summed E-state index contributed by atoms with van der Waals surface area (Å²) in [6, 6.07) is 8.38. The summed E-state index contributed by atoms with van der Waals surface area (Å²) in [4.78, 5) is 14.3. The number of hydrogen-bond donors (Lipinski definition) is 1. The van der Waals surface area contributed by atoms with Gasteiger partial charge in [-0.15, -0.1) is 0 Å². The SMILES string of the molecule is Cc1ccc(CC(=O)N2CCC[C@@H]([C@@H](C)N)C2)cc1. The Morgan fingerprint density at radius 2 is 2.11 bits per heavy atom. The Balaban J connectivity index is 1.94. The molecule has 0 unspecified atom stereocenters. The van der Waals surface area contributed by atoms with E-state index in [0.29, 0.717) is 12.3 Å². The second-order valence-corrected chi connectivity index (χ2v) is 5.76. The van der Waals surface area contributed by atoms with Crippen LogP contribution in [0.2, 0.25) is 0 Å². The third-order valence-corrected chi connectivity index (χ3v) is 4.03. The number of amides is 1. The molecule has 1 saturated heterocycles. The monoisotopic (exact) mass is 260 g/mol. The van der Waals surface area contributed by atoms with Gasteiger partial charge in [0.1, 0.15) is 0 Å². The normalized spacial score (nSPS) is 21.2. The third kappa shape index (κ3) is 3.80. The average molecular weight is 260 g/mol. The number of carbonyl (C=O) groups is 1. The lowest BCUT2D eigenvalue weighted by atomic mass is 9.92. The largest absolute Gasteiger partial charge is 0.342 e. The average Bonchev–Trinajstić information content (AvgIpc) is 2.41. The van der Waals surface area contributed by atoms with Crippen molar-refractivity contribution in [3.05, 3.63) is 35.4 Å². The number of piperidine rings is 1. The minimum absolute atomic E-state index is 0.176. The number of aryl methyl sites for hydroxylation is 1. The molecule has 1 aliphatic heterocycles. The van der Waals surface area contributed by atoms with Gasteiger partial charge in [0.15, 0.2) is 0 Å². The van der Waals surface area contributed by atoms with E-state index >= 15 is 0 Å². The molecule has 0 spiro atoms. The van der Waals surface area contributed by atoms with Gasteiger partial charge >= 0.3 is 0 Å². The van der Waals surface area contributed by atoms with Crippen LogP contribution in [0.3, 0.4) is 0 Å². The highest BCUT2D eigenvalue weighted by Gasteiger charge is 2.25. The maximum absolute atomic E-state index is 12.3. The van der Waals surface area contributed by atoms with E-state index < -0.39 is 0 Å². The van der Waals surface area contributed by atoms with Gasteiger partial charge in [-0.3, -0.25) is 4.79 Å². The predicted molar refractivity (Wildman–Crippen MR) is 77.8 cm³/mol. The lowest BCUT2D eigenvalue weighted by molar-refractivity contribution is -0.132. The third-order valence-electron chi connectivity index (χ3n) is 4.03. The Labute approximate surface area is 115 Å². The van der Waals surface area contributed by atoms with Crippen LogP contribution in [0, 0.1) is 12.8 Å². The molecule has 0 aromatic heterocycles. The van der Waals surface area contributed by atoms with E-state index in [1.165, 1.54) is 5.56 Å². The number of rotatable bonds is 3. The van der Waals surface area contributed by atoms with Gasteiger partial charge in [-0.2, -0.15) is 0 Å². The number of likely N-dealkylation sites (tertiary alicyclic amines) is 1. The lowest BCUT2D eigenvalue weighted by Crippen LogP contribution is -2.45. The van der Waals surface area contributed by atoms with Crippen molar-refractivity contribution in [2.24, 2.45) is 11.7 Å². The molecule has 2 atom stereocenters. The van der Waals surface area contributed by atoms with Gasteiger partial charge in [-0.05, 0) is 38.2 Å². The lowest BCUT2D eigenvalue weighted by Gasteiger charge is -2.34. The molecule has 3 heteroatoms. The molecule has 1 aliphatic rings. The summed E-state index contributed by atoms with van der Waals surface area (Å²) >= 11 is 0. The number of benzene rings is 1. The zero-order valence-electron chi connectivity index (χ0n) is 11.9. The molecule has 2 rings (SSSR count). The number of nitrogens with zero attached hydrogens (tertiary/aromatic N) is 1. The molecule has 0 bridgehead atoms. The first-order valence-electron chi connectivity index (χ1n) is 7.15. The van der Waals surface area contributed by atoms with Crippen molar-refractivity contribution >= 4 is 5.91 Å². The van der Waals surface area contributed by atoms with Crippen molar-refractivity contribution in [1.82, 2.24) is 4.90 Å². The topological polar surface area (TPSA) is 46.3 Å². The van der Waals surface area contributed by atoms with Crippen LogP contribution < -0.4 is 5.73 Å². The van der Waals surface area contributed by atoms with Gasteiger partial charge in [0.05, 0.1) is 6.42 Å². The molecule has 1 fully saturated rings. The van der Waals surface area contributed by atoms with Crippen molar-refractivity contribution in [2.45, 2.75) is 39.2 Å². The Morgan fingerprint density at radius 1 is 1.42 bits per heavy atom. The van der Waals surface area contributed by atoms with Crippen LogP contribution in [-0.4, -0.2) is 29.9 Å². The van der Waals surface area contributed by atoms with Crippen molar-refractivity contribution in [1.29, 1.82) is 0 Å². The Bertz CT molecular complexity index is 425. The van der Waals surface area contributed by atoms with Crippen LogP contribution in [0.25, 0.3) is 0 Å². The van der Waals surface area contributed by atoms with E-state index in [1.54, 1.807) is 0 Å². The molecule has 104 valence electrons. The summed E-state index contributed by atoms with van der Waals surface area (Å²) in [6.07, 6.45) is 2.73. The zero-order chi connectivity index (χ0) is 13.8. The first kappa shape index (κ1) is 14.1. The molecule has 1 aromatic rings. The molecular formula is C16H24N2O. The van der Waals surface area contributed by atoms with Crippen LogP contribution in [-0.2, 0) is 11.2 Å². The fourth-order valence-corrected chi connectivity index (χ4v) is 2.66. The van der Waals surface area contributed by atoms with E-state index in [-0.39, 0.29) is 11.9 Å². The summed E-state index contributed by atoms with van der Waals surface area (Å²) in [6.45, 7) is 5.80. The number of nitrogens with two attached hydrogens (primary N) is 1. The van der Waals surface area contributed by atoms with Crippen LogP contribution in [0.4, 0.5) is 0 Å². The van der Waals surface area contributed by atoms with E-state index in [1.807, 2.05) is 24.0 Å². The molecule has 19 heavy (non-hydrogen) atoms. The highest BCUT2D eigenvalue weighted by molar-refractivity contribution is 5.78. The van der Waals surface area contributed by atoms with Gasteiger partial charge in [0, 0.05) is 19.1 Å². The van der Waals surface area contributed by atoms with Gasteiger partial charge in [-0.25, -0.2) is 0 Å². The Hall–Kier alpha value is -1.35. The highest BCUT2D eigenvalue weighted by Crippen LogP contribution is 2.19. The van der Waals surface area contributed by atoms with E-state index in [0.717, 1.165) is 31.5 Å². The second-order valence-electron chi connectivity index (χ2n) is 5.76. The first-order chi connectivity index (χ1) is 9.06. The summed E-state index contributed by atoms with van der Waals surface area (Å²) in [5.74, 6) is 0.685. The fraction of sp³-hybridized carbons (Fsp3) is 0.562. The summed E-state index contributed by atoms with van der Waals surface area (Å²) in [5, 5.41) is 0. The summed E-state index contributed by atoms with van der Waals surface area (Å²) in [5.41, 5.74) is 8.28. The van der Waals surface area contributed by atoms with Gasteiger partial charge in [0.2, 0.25) is 5.91 Å². The molecule has 3 nitrogen and oxygen atoms in total. The van der Waals surface area contributed by atoms with Crippen molar-refractivity contribution in [3.8, 4) is 0 Å². The van der Waals surface area contributed by atoms with E-state index in [9.17, 15) is 4.79 Å². The molecule has 2 N–H and O–H groups in total. The molecule has 1 amide bonds. The molecule has 1 heterocycles. The maximum Gasteiger partial charge on any atom is 0.226 e. The molecule has 0 aliphatic carbocycles. The van der Waals surface area contributed by atoms with Crippen molar-refractivity contribution in [2.75, 3.05) is 13.1 Å². The maximum atomic E-state index is 12.3. The molecular weight excluding hydrogens is 236 g/mol. The van der Waals surface area contributed by atoms with Gasteiger partial charge < -0.3 is 10.6 Å². The van der Waals surface area contributed by atoms with Crippen molar-refractivity contribution < 1.29 is 4.79 Å². The summed E-state index contributed by atoms with van der Waals surface area (Å²) < 4.78 is 0. The number of hydrogen-bond acceptors (Lipinski definition) is 2. The predicted octanol–water partition coefficient (Wildman–Crippen LogP) is 2.12. The highest BCUT2D eigenvalue weighted by atomic mass is 16.2. The molecule has 0 radical (unpaired) electrons. The van der Waals surface area contributed by atoms with Crippen LogP contribution >= 0.6 is 0 Å². The quantitative estimate of drug-likeness (QED) is 0.905. The van der Waals surface area contributed by atoms with Crippen LogP contribution in [0.5, 0.6) is 0 Å². The first-order valence-corrected chi connectivity index (χ1v) is 7.15.